The first-order valence-corrected chi connectivity index (χ1v) is 8.19. The van der Waals surface area contributed by atoms with E-state index in [1.165, 1.54) is 0 Å². The van der Waals surface area contributed by atoms with Gasteiger partial charge in [0.1, 0.15) is 5.82 Å². The first kappa shape index (κ1) is 17.9. The summed E-state index contributed by atoms with van der Waals surface area (Å²) in [5.74, 6) is 0.606. The van der Waals surface area contributed by atoms with Gasteiger partial charge in [0.2, 0.25) is 0 Å². The predicted octanol–water partition coefficient (Wildman–Crippen LogP) is 3.12. The van der Waals surface area contributed by atoms with Crippen molar-refractivity contribution in [3.05, 3.63) is 53.2 Å². The molecule has 128 valence electrons. The molecule has 0 unspecified atom stereocenters. The van der Waals surface area contributed by atoms with E-state index in [-0.39, 0.29) is 5.91 Å². The quantitative estimate of drug-likeness (QED) is 0.768. The monoisotopic (exact) mass is 326 g/mol. The van der Waals surface area contributed by atoms with Gasteiger partial charge < -0.3 is 15.5 Å². The Morgan fingerprint density at radius 2 is 1.88 bits per heavy atom. The summed E-state index contributed by atoms with van der Waals surface area (Å²) in [7, 11) is 4.05. The number of anilines is 2. The van der Waals surface area contributed by atoms with Crippen molar-refractivity contribution in [3.63, 3.8) is 0 Å². The van der Waals surface area contributed by atoms with Crippen LogP contribution in [0.5, 0.6) is 0 Å². The number of hydrogen-bond donors (Lipinski definition) is 2. The highest BCUT2D eigenvalue weighted by molar-refractivity contribution is 5.94. The van der Waals surface area contributed by atoms with Crippen LogP contribution in [0.15, 0.2) is 36.5 Å². The molecule has 1 aromatic heterocycles. The standard InChI is InChI=1S/C19H26N4O/c1-14-7-5-8-15(2)18(14)22-17-13-16(9-11-20-17)19(24)21-10-6-12-23(3)4/h5,7-9,11,13H,6,10,12H2,1-4H3,(H,20,22)(H,21,24). The highest BCUT2D eigenvalue weighted by atomic mass is 16.1. The van der Waals surface area contributed by atoms with Crippen molar-refractivity contribution in [1.29, 1.82) is 0 Å². The molecule has 0 aliphatic rings. The Balaban J connectivity index is 2.02. The Labute approximate surface area is 144 Å². The second kappa shape index (κ2) is 8.45. The van der Waals surface area contributed by atoms with E-state index in [2.05, 4.69) is 46.5 Å². The van der Waals surface area contributed by atoms with Crippen molar-refractivity contribution in [1.82, 2.24) is 15.2 Å². The molecule has 24 heavy (non-hydrogen) atoms. The zero-order chi connectivity index (χ0) is 17.5. The molecule has 1 amide bonds. The van der Waals surface area contributed by atoms with Gasteiger partial charge in [-0.3, -0.25) is 4.79 Å². The molecule has 5 heteroatoms. The number of aryl methyl sites for hydroxylation is 2. The molecule has 0 aliphatic carbocycles. The Bertz CT molecular complexity index is 677. The van der Waals surface area contributed by atoms with E-state index in [1.807, 2.05) is 20.2 Å². The number of rotatable bonds is 7. The van der Waals surface area contributed by atoms with Crippen molar-refractivity contribution in [2.24, 2.45) is 0 Å². The highest BCUT2D eigenvalue weighted by Gasteiger charge is 2.08. The summed E-state index contributed by atoms with van der Waals surface area (Å²) in [6.07, 6.45) is 2.59. The van der Waals surface area contributed by atoms with Gasteiger partial charge in [-0.2, -0.15) is 0 Å². The second-order valence-corrected chi connectivity index (χ2v) is 6.23. The molecular formula is C19H26N4O. The third-order valence-electron chi connectivity index (χ3n) is 3.82. The highest BCUT2D eigenvalue weighted by Crippen LogP contribution is 2.23. The molecule has 0 fully saturated rings. The summed E-state index contributed by atoms with van der Waals surface area (Å²) in [5.41, 5.74) is 3.95. The molecule has 1 aromatic carbocycles. The van der Waals surface area contributed by atoms with E-state index in [4.69, 9.17) is 0 Å². The van der Waals surface area contributed by atoms with Crippen LogP contribution in [0.25, 0.3) is 0 Å². The van der Waals surface area contributed by atoms with Crippen LogP contribution in [-0.2, 0) is 0 Å². The molecule has 2 rings (SSSR count). The fraction of sp³-hybridized carbons (Fsp3) is 0.368. The summed E-state index contributed by atoms with van der Waals surface area (Å²) in [6, 6.07) is 9.65. The summed E-state index contributed by atoms with van der Waals surface area (Å²) in [5, 5.41) is 6.27. The Morgan fingerprint density at radius 1 is 1.17 bits per heavy atom. The SMILES string of the molecule is Cc1cccc(C)c1Nc1cc(C(=O)NCCCN(C)C)ccn1. The van der Waals surface area contributed by atoms with E-state index < -0.39 is 0 Å². The minimum absolute atomic E-state index is 0.0688. The van der Waals surface area contributed by atoms with Gasteiger partial charge in [-0.05, 0) is 64.2 Å². The van der Waals surface area contributed by atoms with Crippen LogP contribution in [0.2, 0.25) is 0 Å². The zero-order valence-corrected chi connectivity index (χ0v) is 14.9. The number of para-hydroxylation sites is 1. The van der Waals surface area contributed by atoms with Crippen LogP contribution in [0.3, 0.4) is 0 Å². The number of amides is 1. The molecule has 5 nitrogen and oxygen atoms in total. The number of nitrogens with zero attached hydrogens (tertiary/aromatic N) is 2. The zero-order valence-electron chi connectivity index (χ0n) is 14.9. The van der Waals surface area contributed by atoms with Gasteiger partial charge in [-0.25, -0.2) is 4.98 Å². The van der Waals surface area contributed by atoms with Crippen molar-refractivity contribution in [3.8, 4) is 0 Å². The topological polar surface area (TPSA) is 57.3 Å². The smallest absolute Gasteiger partial charge is 0.251 e. The van der Waals surface area contributed by atoms with Crippen LogP contribution in [0.4, 0.5) is 11.5 Å². The lowest BCUT2D eigenvalue weighted by atomic mass is 10.1. The lowest BCUT2D eigenvalue weighted by Crippen LogP contribution is -2.27. The molecule has 0 atom stereocenters. The molecule has 1 heterocycles. The normalized spacial score (nSPS) is 10.7. The van der Waals surface area contributed by atoms with Gasteiger partial charge in [0.25, 0.3) is 5.91 Å². The van der Waals surface area contributed by atoms with Gasteiger partial charge in [0.05, 0.1) is 0 Å². The Hall–Kier alpha value is -2.40. The lowest BCUT2D eigenvalue weighted by molar-refractivity contribution is 0.0952. The Morgan fingerprint density at radius 3 is 2.54 bits per heavy atom. The molecule has 2 aromatic rings. The van der Waals surface area contributed by atoms with Crippen LogP contribution in [0, 0.1) is 13.8 Å². The number of hydrogen-bond acceptors (Lipinski definition) is 4. The van der Waals surface area contributed by atoms with Gasteiger partial charge in [0.15, 0.2) is 0 Å². The maximum Gasteiger partial charge on any atom is 0.251 e. The molecule has 0 spiro atoms. The molecule has 0 saturated heterocycles. The summed E-state index contributed by atoms with van der Waals surface area (Å²) >= 11 is 0. The van der Waals surface area contributed by atoms with E-state index in [1.54, 1.807) is 18.3 Å². The van der Waals surface area contributed by atoms with E-state index in [0.29, 0.717) is 17.9 Å². The molecule has 2 N–H and O–H groups in total. The van der Waals surface area contributed by atoms with E-state index in [9.17, 15) is 4.79 Å². The van der Waals surface area contributed by atoms with Crippen molar-refractivity contribution in [2.45, 2.75) is 20.3 Å². The summed E-state index contributed by atoms with van der Waals surface area (Å²) in [4.78, 5) is 18.7. The first-order valence-electron chi connectivity index (χ1n) is 8.19. The second-order valence-electron chi connectivity index (χ2n) is 6.23. The molecule has 0 radical (unpaired) electrons. The Kier molecular flexibility index (Phi) is 6.32. The summed E-state index contributed by atoms with van der Waals surface area (Å²) in [6.45, 7) is 5.72. The molecule has 0 aliphatic heterocycles. The van der Waals surface area contributed by atoms with Crippen LogP contribution >= 0.6 is 0 Å². The fourth-order valence-corrected chi connectivity index (χ4v) is 2.48. The van der Waals surface area contributed by atoms with Gasteiger partial charge in [0, 0.05) is 24.0 Å². The number of pyridine rings is 1. The first-order chi connectivity index (χ1) is 11.5. The van der Waals surface area contributed by atoms with Crippen LogP contribution in [-0.4, -0.2) is 43.0 Å². The minimum Gasteiger partial charge on any atom is -0.352 e. The van der Waals surface area contributed by atoms with Gasteiger partial charge in [-0.15, -0.1) is 0 Å². The minimum atomic E-state index is -0.0688. The maximum absolute atomic E-state index is 12.2. The lowest BCUT2D eigenvalue weighted by Gasteiger charge is -2.13. The average molecular weight is 326 g/mol. The average Bonchev–Trinajstić information content (AvgIpc) is 2.55. The van der Waals surface area contributed by atoms with Crippen molar-refractivity contribution in [2.75, 3.05) is 32.5 Å². The molecule has 0 bridgehead atoms. The van der Waals surface area contributed by atoms with Gasteiger partial charge >= 0.3 is 0 Å². The van der Waals surface area contributed by atoms with Crippen molar-refractivity contribution < 1.29 is 4.79 Å². The third-order valence-corrected chi connectivity index (χ3v) is 3.82. The van der Waals surface area contributed by atoms with Crippen LogP contribution in [0.1, 0.15) is 27.9 Å². The largest absolute Gasteiger partial charge is 0.352 e. The number of benzene rings is 1. The molecule has 0 saturated carbocycles. The van der Waals surface area contributed by atoms with E-state index in [0.717, 1.165) is 29.8 Å². The number of carbonyl (C=O) groups excluding carboxylic acids is 1. The number of nitrogens with one attached hydrogen (secondary N) is 2. The third kappa shape index (κ3) is 5.06. The number of carbonyl (C=O) groups is 1. The van der Waals surface area contributed by atoms with Crippen molar-refractivity contribution >= 4 is 17.4 Å². The fourth-order valence-electron chi connectivity index (χ4n) is 2.48. The van der Waals surface area contributed by atoms with Crippen LogP contribution < -0.4 is 10.6 Å². The maximum atomic E-state index is 12.2. The molecular weight excluding hydrogens is 300 g/mol. The predicted molar refractivity (Wildman–Crippen MR) is 98.9 cm³/mol. The van der Waals surface area contributed by atoms with E-state index >= 15 is 0 Å². The number of aromatic nitrogens is 1. The summed E-state index contributed by atoms with van der Waals surface area (Å²) < 4.78 is 0. The van der Waals surface area contributed by atoms with Gasteiger partial charge in [-0.1, -0.05) is 18.2 Å².